The van der Waals surface area contributed by atoms with Gasteiger partial charge in [0.05, 0.1) is 6.54 Å². The van der Waals surface area contributed by atoms with Gasteiger partial charge in [-0.3, -0.25) is 14.5 Å². The van der Waals surface area contributed by atoms with Gasteiger partial charge in [-0.15, -0.1) is 0 Å². The lowest BCUT2D eigenvalue weighted by atomic mass is 10.3. The molecule has 0 bridgehead atoms. The molecular weight excluding hydrogens is 232 g/mol. The zero-order chi connectivity index (χ0) is 13.4. The normalized spacial score (nSPS) is 15.8. The van der Waals surface area contributed by atoms with Crippen LogP contribution in [0.5, 0.6) is 0 Å². The van der Waals surface area contributed by atoms with Gasteiger partial charge in [0.15, 0.2) is 0 Å². The lowest BCUT2D eigenvalue weighted by molar-refractivity contribution is -0.133. The van der Waals surface area contributed by atoms with E-state index in [2.05, 4.69) is 10.6 Å². The second-order valence-electron chi connectivity index (χ2n) is 4.57. The summed E-state index contributed by atoms with van der Waals surface area (Å²) in [5.74, 6) is 0.189. The fraction of sp³-hybridized carbons (Fsp3) is 0.833. The van der Waals surface area contributed by atoms with Crippen molar-refractivity contribution in [2.75, 3.05) is 52.9 Å². The number of hydrogen-bond donors (Lipinski definition) is 2. The zero-order valence-electron chi connectivity index (χ0n) is 11.4. The first kappa shape index (κ1) is 14.9. The molecule has 0 unspecified atom stereocenters. The van der Waals surface area contributed by atoms with Crippen LogP contribution in [0, 0.1) is 0 Å². The first-order chi connectivity index (χ1) is 8.63. The number of nitrogens with zero attached hydrogens (tertiary/aromatic N) is 2. The predicted molar refractivity (Wildman–Crippen MR) is 70.2 cm³/mol. The van der Waals surface area contributed by atoms with Crippen molar-refractivity contribution in [1.29, 1.82) is 0 Å². The summed E-state index contributed by atoms with van der Waals surface area (Å²) in [7, 11) is 1.87. The van der Waals surface area contributed by atoms with Crippen LogP contribution in [0.3, 0.4) is 0 Å². The molecule has 1 heterocycles. The number of piperazine rings is 1. The molecule has 2 amide bonds. The molecular formula is C12H24N4O2. The van der Waals surface area contributed by atoms with Crippen LogP contribution in [-0.4, -0.2) is 74.5 Å². The molecule has 0 saturated carbocycles. The van der Waals surface area contributed by atoms with Crippen molar-refractivity contribution in [3.05, 3.63) is 0 Å². The van der Waals surface area contributed by atoms with Crippen LogP contribution in [0.1, 0.15) is 13.3 Å². The lowest BCUT2D eigenvalue weighted by Crippen LogP contribution is -2.49. The van der Waals surface area contributed by atoms with Crippen molar-refractivity contribution in [3.8, 4) is 0 Å². The first-order valence-electron chi connectivity index (χ1n) is 6.57. The Morgan fingerprint density at radius 1 is 1.33 bits per heavy atom. The van der Waals surface area contributed by atoms with Gasteiger partial charge in [-0.2, -0.15) is 0 Å². The largest absolute Gasteiger partial charge is 0.356 e. The Labute approximate surface area is 109 Å². The molecule has 1 fully saturated rings. The van der Waals surface area contributed by atoms with E-state index >= 15 is 0 Å². The molecule has 1 rings (SSSR count). The van der Waals surface area contributed by atoms with Crippen LogP contribution in [0.2, 0.25) is 0 Å². The molecule has 104 valence electrons. The molecule has 2 N–H and O–H groups in total. The van der Waals surface area contributed by atoms with Gasteiger partial charge >= 0.3 is 0 Å². The van der Waals surface area contributed by atoms with E-state index in [9.17, 15) is 9.59 Å². The van der Waals surface area contributed by atoms with E-state index in [0.717, 1.165) is 26.2 Å². The third-order valence-corrected chi connectivity index (χ3v) is 2.97. The van der Waals surface area contributed by atoms with Crippen molar-refractivity contribution < 1.29 is 9.59 Å². The predicted octanol–water partition coefficient (Wildman–Crippen LogP) is -1.12. The Kier molecular flexibility index (Phi) is 6.67. The molecule has 1 aliphatic rings. The van der Waals surface area contributed by atoms with E-state index < -0.39 is 0 Å². The topological polar surface area (TPSA) is 64.7 Å². The average molecular weight is 256 g/mol. The third kappa shape index (κ3) is 5.46. The van der Waals surface area contributed by atoms with Crippen molar-refractivity contribution in [1.82, 2.24) is 20.4 Å². The van der Waals surface area contributed by atoms with Crippen LogP contribution in [-0.2, 0) is 9.59 Å². The number of carbonyl (C=O) groups is 2. The fourth-order valence-corrected chi connectivity index (χ4v) is 1.90. The highest BCUT2D eigenvalue weighted by Crippen LogP contribution is 1.96. The zero-order valence-corrected chi connectivity index (χ0v) is 11.4. The summed E-state index contributed by atoms with van der Waals surface area (Å²) < 4.78 is 0. The van der Waals surface area contributed by atoms with Crippen LogP contribution in [0.25, 0.3) is 0 Å². The Balaban J connectivity index is 2.20. The number of amides is 2. The summed E-state index contributed by atoms with van der Waals surface area (Å²) in [5, 5.41) is 5.96. The van der Waals surface area contributed by atoms with E-state index in [0.29, 0.717) is 26.1 Å². The van der Waals surface area contributed by atoms with Gasteiger partial charge < -0.3 is 15.5 Å². The van der Waals surface area contributed by atoms with Crippen molar-refractivity contribution in [2.24, 2.45) is 0 Å². The highest BCUT2D eigenvalue weighted by Gasteiger charge is 2.17. The van der Waals surface area contributed by atoms with Crippen LogP contribution >= 0.6 is 0 Å². The van der Waals surface area contributed by atoms with Crippen molar-refractivity contribution in [2.45, 2.75) is 13.3 Å². The van der Waals surface area contributed by atoms with Crippen molar-refractivity contribution >= 4 is 11.8 Å². The minimum atomic E-state index is 0.0407. The van der Waals surface area contributed by atoms with Gasteiger partial charge in [-0.25, -0.2) is 0 Å². The first-order valence-corrected chi connectivity index (χ1v) is 6.57. The fourth-order valence-electron chi connectivity index (χ4n) is 1.90. The standard InChI is InChI=1S/C12H24N4O2/c1-3-14-11(17)4-7-15(2)10-12(18)16-8-5-13-6-9-16/h13H,3-10H2,1-2H3,(H,14,17). The quantitative estimate of drug-likeness (QED) is 0.631. The lowest BCUT2D eigenvalue weighted by Gasteiger charge is -2.29. The molecule has 0 aliphatic carbocycles. The molecule has 1 saturated heterocycles. The number of likely N-dealkylation sites (N-methyl/N-ethyl adjacent to an activating group) is 1. The highest BCUT2D eigenvalue weighted by molar-refractivity contribution is 5.78. The molecule has 6 nitrogen and oxygen atoms in total. The minimum absolute atomic E-state index is 0.0407. The Hall–Kier alpha value is -1.14. The van der Waals surface area contributed by atoms with Gasteiger partial charge in [0.2, 0.25) is 11.8 Å². The molecule has 0 atom stereocenters. The molecule has 0 spiro atoms. The number of carbonyl (C=O) groups excluding carboxylic acids is 2. The number of hydrogen-bond acceptors (Lipinski definition) is 4. The maximum atomic E-state index is 11.9. The van der Waals surface area contributed by atoms with Crippen LogP contribution in [0.15, 0.2) is 0 Å². The summed E-state index contributed by atoms with van der Waals surface area (Å²) in [6.07, 6.45) is 0.444. The summed E-state index contributed by atoms with van der Waals surface area (Å²) >= 11 is 0. The van der Waals surface area contributed by atoms with Gasteiger partial charge in [-0.05, 0) is 14.0 Å². The molecule has 18 heavy (non-hydrogen) atoms. The molecule has 6 heteroatoms. The van der Waals surface area contributed by atoms with E-state index in [4.69, 9.17) is 0 Å². The Morgan fingerprint density at radius 3 is 2.61 bits per heavy atom. The summed E-state index contributed by atoms with van der Waals surface area (Å²) in [6, 6.07) is 0. The summed E-state index contributed by atoms with van der Waals surface area (Å²) in [6.45, 7) is 6.86. The van der Waals surface area contributed by atoms with E-state index in [-0.39, 0.29) is 11.8 Å². The third-order valence-electron chi connectivity index (χ3n) is 2.97. The molecule has 0 aromatic carbocycles. The van der Waals surface area contributed by atoms with Gasteiger partial charge in [0.25, 0.3) is 0 Å². The van der Waals surface area contributed by atoms with Crippen molar-refractivity contribution in [3.63, 3.8) is 0 Å². The van der Waals surface area contributed by atoms with E-state index in [1.165, 1.54) is 0 Å². The number of rotatable bonds is 6. The Morgan fingerprint density at radius 2 is 2.00 bits per heavy atom. The SMILES string of the molecule is CCNC(=O)CCN(C)CC(=O)N1CCNCC1. The smallest absolute Gasteiger partial charge is 0.236 e. The van der Waals surface area contributed by atoms with Gasteiger partial charge in [0, 0.05) is 45.7 Å². The second-order valence-corrected chi connectivity index (χ2v) is 4.57. The van der Waals surface area contributed by atoms with E-state index in [1.807, 2.05) is 23.8 Å². The summed E-state index contributed by atoms with van der Waals surface area (Å²) in [4.78, 5) is 27.0. The Bertz CT molecular complexity index is 277. The van der Waals surface area contributed by atoms with E-state index in [1.54, 1.807) is 0 Å². The highest BCUT2D eigenvalue weighted by atomic mass is 16.2. The maximum absolute atomic E-state index is 11.9. The molecule has 1 aliphatic heterocycles. The second kappa shape index (κ2) is 8.05. The maximum Gasteiger partial charge on any atom is 0.236 e. The van der Waals surface area contributed by atoms with Crippen LogP contribution in [0.4, 0.5) is 0 Å². The molecule has 0 aromatic rings. The minimum Gasteiger partial charge on any atom is -0.356 e. The average Bonchev–Trinajstić information content (AvgIpc) is 2.38. The van der Waals surface area contributed by atoms with Gasteiger partial charge in [0.1, 0.15) is 0 Å². The summed E-state index contributed by atoms with van der Waals surface area (Å²) in [5.41, 5.74) is 0. The van der Waals surface area contributed by atoms with Crippen LogP contribution < -0.4 is 10.6 Å². The number of nitrogens with one attached hydrogen (secondary N) is 2. The monoisotopic (exact) mass is 256 g/mol. The molecule has 0 radical (unpaired) electrons. The molecule has 0 aromatic heterocycles. The van der Waals surface area contributed by atoms with Gasteiger partial charge in [-0.1, -0.05) is 0 Å².